The maximum Gasteiger partial charge on any atom is 0.139 e. The fraction of sp³-hybridized carbons (Fsp3) is 0.680. The summed E-state index contributed by atoms with van der Waals surface area (Å²) in [6.45, 7) is 1.29. The Morgan fingerprint density at radius 2 is 1.83 bits per heavy atom. The van der Waals surface area contributed by atoms with Gasteiger partial charge in [-0.2, -0.15) is 0 Å². The molecular weight excluding hydrogens is 356 g/mol. The quantitative estimate of drug-likeness (QED) is 0.689. The number of rotatable bonds is 8. The molecule has 1 N–H and O–H groups in total. The van der Waals surface area contributed by atoms with Gasteiger partial charge in [0, 0.05) is 31.9 Å². The average Bonchev–Trinajstić information content (AvgIpc) is 3.65. The van der Waals surface area contributed by atoms with E-state index < -0.39 is 0 Å². The van der Waals surface area contributed by atoms with E-state index in [9.17, 15) is 0 Å². The summed E-state index contributed by atoms with van der Waals surface area (Å²) in [5.74, 6) is 3.98. The van der Waals surface area contributed by atoms with Gasteiger partial charge in [0.05, 0.1) is 5.52 Å². The molecule has 0 unspecified atom stereocenters. The van der Waals surface area contributed by atoms with Crippen molar-refractivity contribution in [3.05, 3.63) is 30.1 Å². The second-order valence-electron chi connectivity index (χ2n) is 10.2. The Bertz CT molecular complexity index is 849. The maximum absolute atomic E-state index is 4.87. The van der Waals surface area contributed by atoms with Crippen molar-refractivity contribution >= 4 is 16.7 Å². The van der Waals surface area contributed by atoms with Gasteiger partial charge in [0.15, 0.2) is 0 Å². The molecule has 3 aliphatic carbocycles. The molecular formula is C25H36N4. The first-order chi connectivity index (χ1) is 14.1. The monoisotopic (exact) mass is 392 g/mol. The van der Waals surface area contributed by atoms with Crippen LogP contribution in [0.15, 0.2) is 24.3 Å². The number of nitrogens with one attached hydrogen (secondary N) is 1. The molecule has 0 radical (unpaired) electrons. The second kappa shape index (κ2) is 7.86. The molecule has 1 atom stereocenters. The van der Waals surface area contributed by atoms with Gasteiger partial charge in [-0.25, -0.2) is 9.97 Å². The van der Waals surface area contributed by atoms with E-state index in [2.05, 4.69) is 48.6 Å². The summed E-state index contributed by atoms with van der Waals surface area (Å²) in [5.41, 5.74) is 1.76. The first kappa shape index (κ1) is 19.3. The smallest absolute Gasteiger partial charge is 0.139 e. The zero-order valence-corrected chi connectivity index (χ0v) is 18.2. The number of fused-ring (bicyclic) bond motifs is 1. The van der Waals surface area contributed by atoms with Crippen molar-refractivity contribution in [2.24, 2.45) is 17.3 Å². The van der Waals surface area contributed by atoms with Crippen LogP contribution in [0.4, 0.5) is 5.82 Å². The maximum atomic E-state index is 4.87. The molecule has 1 heterocycles. The Morgan fingerprint density at radius 1 is 1.03 bits per heavy atom. The van der Waals surface area contributed by atoms with Gasteiger partial charge in [-0.3, -0.25) is 0 Å². The lowest BCUT2D eigenvalue weighted by Gasteiger charge is -2.29. The van der Waals surface area contributed by atoms with Gasteiger partial charge in [0.1, 0.15) is 11.6 Å². The van der Waals surface area contributed by atoms with Crippen LogP contribution in [0.2, 0.25) is 0 Å². The van der Waals surface area contributed by atoms with E-state index in [-0.39, 0.29) is 0 Å². The lowest BCUT2D eigenvalue weighted by molar-refractivity contribution is 0.231. The Kier molecular flexibility index (Phi) is 5.23. The minimum atomic E-state index is 0.688. The van der Waals surface area contributed by atoms with Crippen molar-refractivity contribution < 1.29 is 0 Å². The Morgan fingerprint density at radius 3 is 2.59 bits per heavy atom. The zero-order valence-electron chi connectivity index (χ0n) is 18.2. The van der Waals surface area contributed by atoms with Crippen LogP contribution >= 0.6 is 0 Å². The minimum absolute atomic E-state index is 0.688. The number of para-hydroxylation sites is 1. The van der Waals surface area contributed by atoms with Crippen LogP contribution in [-0.2, 0) is 6.42 Å². The summed E-state index contributed by atoms with van der Waals surface area (Å²) in [4.78, 5) is 11.8. The molecule has 2 aromatic rings. The van der Waals surface area contributed by atoms with E-state index in [0.29, 0.717) is 5.41 Å². The number of anilines is 1. The van der Waals surface area contributed by atoms with E-state index in [4.69, 9.17) is 9.97 Å². The van der Waals surface area contributed by atoms with Crippen LogP contribution in [0, 0.1) is 17.3 Å². The minimum Gasteiger partial charge on any atom is -0.362 e. The summed E-state index contributed by atoms with van der Waals surface area (Å²) in [7, 11) is 4.14. The molecule has 0 bridgehead atoms. The number of aryl methyl sites for hydroxylation is 1. The normalized spacial score (nSPS) is 28.8. The molecule has 1 aromatic carbocycles. The summed E-state index contributed by atoms with van der Waals surface area (Å²) < 4.78 is 0. The van der Waals surface area contributed by atoms with E-state index in [0.717, 1.165) is 46.8 Å². The third-order valence-electron chi connectivity index (χ3n) is 7.71. The molecule has 29 heavy (non-hydrogen) atoms. The predicted molar refractivity (Wildman–Crippen MR) is 120 cm³/mol. The van der Waals surface area contributed by atoms with Gasteiger partial charge >= 0.3 is 0 Å². The first-order valence-electron chi connectivity index (χ1n) is 11.8. The highest BCUT2D eigenvalue weighted by Gasteiger charge is 2.54. The molecule has 3 aliphatic rings. The Hall–Kier alpha value is -1.68. The van der Waals surface area contributed by atoms with Crippen LogP contribution in [-0.4, -0.2) is 36.6 Å². The predicted octanol–water partition coefficient (Wildman–Crippen LogP) is 4.97. The highest BCUT2D eigenvalue weighted by Crippen LogP contribution is 2.57. The van der Waals surface area contributed by atoms with Crippen molar-refractivity contribution in [3.63, 3.8) is 0 Å². The van der Waals surface area contributed by atoms with Gasteiger partial charge in [-0.1, -0.05) is 18.6 Å². The van der Waals surface area contributed by atoms with Crippen molar-refractivity contribution in [1.29, 1.82) is 0 Å². The number of aromatic nitrogens is 2. The number of hydrogen-bond acceptors (Lipinski definition) is 4. The molecule has 1 spiro atoms. The van der Waals surface area contributed by atoms with Crippen molar-refractivity contribution in [3.8, 4) is 0 Å². The Labute approximate surface area is 175 Å². The van der Waals surface area contributed by atoms with E-state index >= 15 is 0 Å². The van der Waals surface area contributed by atoms with E-state index in [1.165, 1.54) is 64.3 Å². The summed E-state index contributed by atoms with van der Waals surface area (Å²) in [5, 5.41) is 5.01. The standard InChI is InChI=1S/C25H36N4/c1-29(2)24-20-7-3-4-8-21(20)27-23(28-24)9-5-6-18-12-14-25(15-13-18)16-22(25)26-17-19-10-11-19/h3-4,7-8,18-19,22,26H,5-6,9-17H2,1-2H3/t18?,22-,25?/m1/s1. The largest absolute Gasteiger partial charge is 0.362 e. The summed E-state index contributed by atoms with van der Waals surface area (Å²) >= 11 is 0. The highest BCUT2D eigenvalue weighted by molar-refractivity contribution is 5.89. The molecule has 0 aliphatic heterocycles. The fourth-order valence-electron chi connectivity index (χ4n) is 5.47. The number of benzene rings is 1. The van der Waals surface area contributed by atoms with Gasteiger partial charge in [-0.05, 0) is 87.3 Å². The van der Waals surface area contributed by atoms with Gasteiger partial charge in [0.2, 0.25) is 0 Å². The SMILES string of the molecule is CN(C)c1nc(CCCC2CCC3(CC2)C[C@H]3NCC2CC2)nc2ccccc12. The Balaban J connectivity index is 1.11. The molecule has 4 heteroatoms. The summed E-state index contributed by atoms with van der Waals surface area (Å²) in [6, 6.07) is 9.22. The van der Waals surface area contributed by atoms with Crippen molar-refractivity contribution in [2.45, 2.75) is 70.3 Å². The average molecular weight is 393 g/mol. The van der Waals surface area contributed by atoms with Crippen molar-refractivity contribution in [2.75, 3.05) is 25.5 Å². The molecule has 1 aromatic heterocycles. The van der Waals surface area contributed by atoms with Crippen LogP contribution in [0.25, 0.3) is 10.9 Å². The van der Waals surface area contributed by atoms with Crippen LogP contribution in [0.1, 0.15) is 63.6 Å². The molecule has 4 nitrogen and oxygen atoms in total. The molecule has 0 saturated heterocycles. The molecule has 156 valence electrons. The van der Waals surface area contributed by atoms with Crippen molar-refractivity contribution in [1.82, 2.24) is 15.3 Å². The molecule has 3 fully saturated rings. The van der Waals surface area contributed by atoms with Gasteiger partial charge in [0.25, 0.3) is 0 Å². The van der Waals surface area contributed by atoms with E-state index in [1.54, 1.807) is 0 Å². The van der Waals surface area contributed by atoms with Gasteiger partial charge < -0.3 is 10.2 Å². The lowest BCUT2D eigenvalue weighted by atomic mass is 9.77. The molecule has 5 rings (SSSR count). The topological polar surface area (TPSA) is 41.1 Å². The molecule has 3 saturated carbocycles. The number of nitrogens with zero attached hydrogens (tertiary/aromatic N) is 3. The molecule has 0 amide bonds. The third kappa shape index (κ3) is 4.28. The van der Waals surface area contributed by atoms with E-state index in [1.807, 2.05) is 0 Å². The lowest BCUT2D eigenvalue weighted by Crippen LogP contribution is -2.28. The number of hydrogen-bond donors (Lipinski definition) is 1. The fourth-order valence-corrected chi connectivity index (χ4v) is 5.47. The van der Waals surface area contributed by atoms with Crippen LogP contribution < -0.4 is 10.2 Å². The zero-order chi connectivity index (χ0) is 19.8. The second-order valence-corrected chi connectivity index (χ2v) is 10.2. The third-order valence-corrected chi connectivity index (χ3v) is 7.71. The van der Waals surface area contributed by atoms with Crippen LogP contribution in [0.3, 0.4) is 0 Å². The first-order valence-corrected chi connectivity index (χ1v) is 11.8. The van der Waals surface area contributed by atoms with Crippen LogP contribution in [0.5, 0.6) is 0 Å². The van der Waals surface area contributed by atoms with Gasteiger partial charge in [-0.15, -0.1) is 0 Å². The highest BCUT2D eigenvalue weighted by atomic mass is 15.2. The summed E-state index contributed by atoms with van der Waals surface area (Å²) in [6.07, 6.45) is 13.7.